The topological polar surface area (TPSA) is 107 Å². The summed E-state index contributed by atoms with van der Waals surface area (Å²) in [6, 6.07) is -0.0950. The smallest absolute Gasteiger partial charge is 0.354 e. The fourth-order valence-electron chi connectivity index (χ4n) is 1.59. The van der Waals surface area contributed by atoms with Crippen LogP contribution >= 0.6 is 0 Å². The number of rotatable bonds is 6. The van der Waals surface area contributed by atoms with Crippen LogP contribution in [0.3, 0.4) is 0 Å². The number of H-pyrrole nitrogens is 1. The van der Waals surface area contributed by atoms with Crippen molar-refractivity contribution in [3.63, 3.8) is 0 Å². The Balaban J connectivity index is 2.95. The van der Waals surface area contributed by atoms with Gasteiger partial charge in [0.15, 0.2) is 11.4 Å². The number of aliphatic hydroxyl groups is 1. The predicted molar refractivity (Wildman–Crippen MR) is 63.4 cm³/mol. The molecule has 0 bridgehead atoms. The summed E-state index contributed by atoms with van der Waals surface area (Å²) in [5.41, 5.74) is -0.316. The fourth-order valence-corrected chi connectivity index (χ4v) is 1.59. The van der Waals surface area contributed by atoms with Crippen molar-refractivity contribution in [3.05, 3.63) is 17.7 Å². The highest BCUT2D eigenvalue weighted by atomic mass is 16.4. The van der Waals surface area contributed by atoms with Crippen LogP contribution in [0.4, 0.5) is 0 Å². The number of carboxylic acid groups (broad SMARTS) is 1. The largest absolute Gasteiger partial charge is 0.477 e. The molecule has 0 unspecified atom stereocenters. The minimum Gasteiger partial charge on any atom is -0.477 e. The Labute approximate surface area is 104 Å². The van der Waals surface area contributed by atoms with Gasteiger partial charge in [0.05, 0.1) is 6.33 Å². The molecule has 0 atom stereocenters. The Morgan fingerprint density at radius 3 is 2.67 bits per heavy atom. The molecule has 0 spiro atoms. The number of aromatic amines is 1. The molecule has 100 valence electrons. The first-order valence-electron chi connectivity index (χ1n) is 5.67. The third-order valence-electron chi connectivity index (χ3n) is 2.50. The molecule has 1 aromatic heterocycles. The van der Waals surface area contributed by atoms with Crippen LogP contribution in [0.15, 0.2) is 6.33 Å². The highest BCUT2D eigenvalue weighted by Crippen LogP contribution is 2.10. The standard InChI is InChI=1S/C11H17N3O4/c1-7(2)14(4-3-5-15)10(16)8-9(11(17)18)13-6-12-8/h6-7,15H,3-5H2,1-2H3,(H,12,13)(H,17,18). The predicted octanol–water partition coefficient (Wildman–Crippen LogP) is 0.341. The number of carboxylic acids is 1. The van der Waals surface area contributed by atoms with Crippen LogP contribution in [0.1, 0.15) is 41.2 Å². The molecule has 0 radical (unpaired) electrons. The quantitative estimate of drug-likeness (QED) is 0.679. The average Bonchev–Trinajstić information content (AvgIpc) is 2.77. The normalized spacial score (nSPS) is 10.7. The van der Waals surface area contributed by atoms with Crippen molar-refractivity contribution >= 4 is 11.9 Å². The zero-order valence-corrected chi connectivity index (χ0v) is 10.4. The van der Waals surface area contributed by atoms with E-state index < -0.39 is 11.9 Å². The van der Waals surface area contributed by atoms with Crippen LogP contribution in [0.5, 0.6) is 0 Å². The van der Waals surface area contributed by atoms with Crippen molar-refractivity contribution in [1.82, 2.24) is 14.9 Å². The van der Waals surface area contributed by atoms with Gasteiger partial charge >= 0.3 is 5.97 Å². The first kappa shape index (κ1) is 14.2. The van der Waals surface area contributed by atoms with Gasteiger partial charge in [-0.05, 0) is 20.3 Å². The Kier molecular flexibility index (Phi) is 4.85. The summed E-state index contributed by atoms with van der Waals surface area (Å²) >= 11 is 0. The molecule has 0 aromatic carbocycles. The summed E-state index contributed by atoms with van der Waals surface area (Å²) in [4.78, 5) is 30.8. The van der Waals surface area contributed by atoms with Crippen molar-refractivity contribution in [3.8, 4) is 0 Å². The van der Waals surface area contributed by atoms with Crippen molar-refractivity contribution in [2.75, 3.05) is 13.2 Å². The van der Waals surface area contributed by atoms with E-state index in [1.807, 2.05) is 13.8 Å². The number of aromatic nitrogens is 2. The van der Waals surface area contributed by atoms with Gasteiger partial charge in [0, 0.05) is 19.2 Å². The van der Waals surface area contributed by atoms with E-state index >= 15 is 0 Å². The highest BCUT2D eigenvalue weighted by molar-refractivity contribution is 6.02. The third-order valence-corrected chi connectivity index (χ3v) is 2.50. The third kappa shape index (κ3) is 3.07. The monoisotopic (exact) mass is 255 g/mol. The zero-order valence-electron chi connectivity index (χ0n) is 10.4. The second kappa shape index (κ2) is 6.15. The molecule has 18 heavy (non-hydrogen) atoms. The van der Waals surface area contributed by atoms with Gasteiger partial charge in [-0.3, -0.25) is 4.79 Å². The lowest BCUT2D eigenvalue weighted by atomic mass is 10.2. The molecule has 3 N–H and O–H groups in total. The van der Waals surface area contributed by atoms with Gasteiger partial charge in [-0.25, -0.2) is 9.78 Å². The maximum Gasteiger partial charge on any atom is 0.354 e. The molecule has 7 nitrogen and oxygen atoms in total. The molecule has 0 saturated carbocycles. The second-order valence-electron chi connectivity index (χ2n) is 4.10. The van der Waals surface area contributed by atoms with Crippen LogP contribution < -0.4 is 0 Å². The van der Waals surface area contributed by atoms with Gasteiger partial charge in [0.25, 0.3) is 5.91 Å². The molecular formula is C11H17N3O4. The number of imidazole rings is 1. The number of hydrogen-bond acceptors (Lipinski definition) is 4. The van der Waals surface area contributed by atoms with Gasteiger partial charge in [0.2, 0.25) is 0 Å². The molecule has 1 heterocycles. The van der Waals surface area contributed by atoms with Gasteiger partial charge in [-0.15, -0.1) is 0 Å². The minimum absolute atomic E-state index is 0.0249. The first-order valence-corrected chi connectivity index (χ1v) is 5.67. The van der Waals surface area contributed by atoms with E-state index in [0.29, 0.717) is 13.0 Å². The number of amides is 1. The summed E-state index contributed by atoms with van der Waals surface area (Å²) < 4.78 is 0. The number of aromatic carboxylic acids is 1. The van der Waals surface area contributed by atoms with E-state index in [1.165, 1.54) is 11.2 Å². The number of aliphatic hydroxyl groups excluding tert-OH is 1. The maximum absolute atomic E-state index is 12.2. The van der Waals surface area contributed by atoms with Crippen molar-refractivity contribution in [2.45, 2.75) is 26.3 Å². The summed E-state index contributed by atoms with van der Waals surface area (Å²) in [7, 11) is 0. The molecular weight excluding hydrogens is 238 g/mol. The van der Waals surface area contributed by atoms with Gasteiger partial charge < -0.3 is 20.1 Å². The SMILES string of the molecule is CC(C)N(CCCO)C(=O)c1nc[nH]c1C(=O)O. The molecule has 1 rings (SSSR count). The van der Waals surface area contributed by atoms with Crippen LogP contribution in [0, 0.1) is 0 Å². The number of hydrogen-bond donors (Lipinski definition) is 3. The minimum atomic E-state index is -1.22. The lowest BCUT2D eigenvalue weighted by Crippen LogP contribution is -2.39. The second-order valence-corrected chi connectivity index (χ2v) is 4.10. The molecule has 1 aromatic rings. The van der Waals surface area contributed by atoms with Crippen molar-refractivity contribution in [1.29, 1.82) is 0 Å². The number of carbonyl (C=O) groups is 2. The summed E-state index contributed by atoms with van der Waals surface area (Å²) in [6.07, 6.45) is 1.62. The molecule has 0 aliphatic rings. The Morgan fingerprint density at radius 2 is 2.17 bits per heavy atom. The molecule has 0 fully saturated rings. The van der Waals surface area contributed by atoms with E-state index in [4.69, 9.17) is 10.2 Å². The first-order chi connectivity index (χ1) is 8.49. The Bertz CT molecular complexity index is 428. The van der Waals surface area contributed by atoms with E-state index in [-0.39, 0.29) is 24.0 Å². The van der Waals surface area contributed by atoms with Gasteiger partial charge in [-0.2, -0.15) is 0 Å². The summed E-state index contributed by atoms with van der Waals surface area (Å²) in [6.45, 7) is 3.98. The summed E-state index contributed by atoms with van der Waals surface area (Å²) in [5.74, 6) is -1.67. The van der Waals surface area contributed by atoms with E-state index in [2.05, 4.69) is 9.97 Å². The molecule has 1 amide bonds. The van der Waals surface area contributed by atoms with Crippen LogP contribution in [-0.2, 0) is 0 Å². The number of nitrogens with zero attached hydrogens (tertiary/aromatic N) is 2. The highest BCUT2D eigenvalue weighted by Gasteiger charge is 2.25. The van der Waals surface area contributed by atoms with E-state index in [1.54, 1.807) is 0 Å². The Morgan fingerprint density at radius 1 is 1.50 bits per heavy atom. The average molecular weight is 255 g/mol. The molecule has 0 aliphatic carbocycles. The van der Waals surface area contributed by atoms with E-state index in [0.717, 1.165) is 0 Å². The van der Waals surface area contributed by atoms with Crippen molar-refractivity contribution in [2.24, 2.45) is 0 Å². The molecule has 0 aliphatic heterocycles. The zero-order chi connectivity index (χ0) is 13.7. The van der Waals surface area contributed by atoms with Crippen LogP contribution in [-0.4, -0.2) is 56.2 Å². The molecule has 7 heteroatoms. The number of carbonyl (C=O) groups excluding carboxylic acids is 1. The molecule has 0 saturated heterocycles. The fraction of sp³-hybridized carbons (Fsp3) is 0.545. The lowest BCUT2D eigenvalue weighted by Gasteiger charge is -2.25. The van der Waals surface area contributed by atoms with Crippen molar-refractivity contribution < 1.29 is 19.8 Å². The summed E-state index contributed by atoms with van der Waals surface area (Å²) in [5, 5.41) is 17.7. The maximum atomic E-state index is 12.2. The number of nitrogens with one attached hydrogen (secondary N) is 1. The lowest BCUT2D eigenvalue weighted by molar-refractivity contribution is 0.0645. The van der Waals surface area contributed by atoms with Crippen LogP contribution in [0.2, 0.25) is 0 Å². The Hall–Kier alpha value is -1.89. The van der Waals surface area contributed by atoms with Gasteiger partial charge in [-0.1, -0.05) is 0 Å². The van der Waals surface area contributed by atoms with Crippen LogP contribution in [0.25, 0.3) is 0 Å². The van der Waals surface area contributed by atoms with E-state index in [9.17, 15) is 9.59 Å². The van der Waals surface area contributed by atoms with Gasteiger partial charge in [0.1, 0.15) is 0 Å².